The SMILES string of the molecule is CCC(C)COCCOCCOCCOCCOCCOCCOCCOCC(=O)OC. The fraction of sp³-hybridized carbons (Fsp3) is 0.955. The van der Waals surface area contributed by atoms with E-state index in [0.717, 1.165) is 13.0 Å². The third-order valence-corrected chi connectivity index (χ3v) is 4.15. The van der Waals surface area contributed by atoms with E-state index in [1.807, 2.05) is 0 Å². The molecule has 0 aromatic heterocycles. The van der Waals surface area contributed by atoms with Crippen LogP contribution in [0, 0.1) is 5.92 Å². The van der Waals surface area contributed by atoms with E-state index < -0.39 is 5.97 Å². The predicted molar refractivity (Wildman–Crippen MR) is 118 cm³/mol. The lowest BCUT2D eigenvalue weighted by atomic mass is 10.1. The summed E-state index contributed by atoms with van der Waals surface area (Å²) in [7, 11) is 1.32. The summed E-state index contributed by atoms with van der Waals surface area (Å²) in [6.45, 7) is 12.1. The quantitative estimate of drug-likeness (QED) is 0.137. The maximum absolute atomic E-state index is 10.8. The number of rotatable bonds is 26. The number of methoxy groups -OCH3 is 1. The Bertz CT molecular complexity index is 384. The molecule has 0 aliphatic carbocycles. The second kappa shape index (κ2) is 26.4. The smallest absolute Gasteiger partial charge is 0.331 e. The summed E-state index contributed by atoms with van der Waals surface area (Å²) in [6.07, 6.45) is 1.13. The van der Waals surface area contributed by atoms with Gasteiger partial charge < -0.3 is 42.6 Å². The molecule has 0 spiro atoms. The van der Waals surface area contributed by atoms with Gasteiger partial charge in [0.1, 0.15) is 6.61 Å². The van der Waals surface area contributed by atoms with Crippen LogP contribution in [-0.2, 0) is 47.4 Å². The average Bonchev–Trinajstić information content (AvgIpc) is 2.81. The molecule has 0 N–H and O–H groups in total. The van der Waals surface area contributed by atoms with Crippen molar-refractivity contribution < 1.29 is 47.4 Å². The minimum atomic E-state index is -0.401. The molecule has 1 unspecified atom stereocenters. The molecule has 1 atom stereocenters. The Kier molecular flexibility index (Phi) is 25.7. The zero-order valence-corrected chi connectivity index (χ0v) is 20.2. The normalized spacial score (nSPS) is 12.2. The lowest BCUT2D eigenvalue weighted by molar-refractivity contribution is -0.146. The van der Waals surface area contributed by atoms with Crippen molar-refractivity contribution in [2.45, 2.75) is 20.3 Å². The number of esters is 1. The van der Waals surface area contributed by atoms with Gasteiger partial charge in [-0.2, -0.15) is 0 Å². The Morgan fingerprint density at radius 3 is 1.19 bits per heavy atom. The molecule has 0 aromatic carbocycles. The Morgan fingerprint density at radius 2 is 0.875 bits per heavy atom. The zero-order valence-electron chi connectivity index (χ0n) is 20.2. The van der Waals surface area contributed by atoms with Crippen LogP contribution in [0.5, 0.6) is 0 Å². The van der Waals surface area contributed by atoms with Gasteiger partial charge in [-0.1, -0.05) is 20.3 Å². The molecule has 0 aliphatic rings. The van der Waals surface area contributed by atoms with Crippen molar-refractivity contribution in [2.24, 2.45) is 5.92 Å². The van der Waals surface area contributed by atoms with Crippen LogP contribution in [0.1, 0.15) is 20.3 Å². The Morgan fingerprint density at radius 1 is 0.562 bits per heavy atom. The van der Waals surface area contributed by atoms with E-state index in [4.69, 9.17) is 37.9 Å². The van der Waals surface area contributed by atoms with Crippen molar-refractivity contribution >= 4 is 5.97 Å². The van der Waals surface area contributed by atoms with E-state index in [1.54, 1.807) is 0 Å². The maximum Gasteiger partial charge on any atom is 0.331 e. The van der Waals surface area contributed by atoms with Gasteiger partial charge in [0.2, 0.25) is 0 Å². The molecule has 32 heavy (non-hydrogen) atoms. The molecule has 0 amide bonds. The van der Waals surface area contributed by atoms with E-state index >= 15 is 0 Å². The molecule has 10 heteroatoms. The summed E-state index contributed by atoms with van der Waals surface area (Å²) < 4.78 is 47.4. The first-order valence-corrected chi connectivity index (χ1v) is 11.4. The summed E-state index contributed by atoms with van der Waals surface area (Å²) in [4.78, 5) is 10.8. The molecule has 0 saturated heterocycles. The summed E-state index contributed by atoms with van der Waals surface area (Å²) in [5, 5.41) is 0. The first-order chi connectivity index (χ1) is 15.7. The summed E-state index contributed by atoms with van der Waals surface area (Å²) in [5.74, 6) is 0.198. The summed E-state index contributed by atoms with van der Waals surface area (Å²) in [5.41, 5.74) is 0. The van der Waals surface area contributed by atoms with Gasteiger partial charge in [-0.05, 0) is 5.92 Å². The second-order valence-electron chi connectivity index (χ2n) is 6.89. The average molecular weight is 469 g/mol. The Labute approximate surface area is 193 Å². The minimum absolute atomic E-state index is 0.0611. The minimum Gasteiger partial charge on any atom is -0.467 e. The summed E-state index contributed by atoms with van der Waals surface area (Å²) in [6, 6.07) is 0. The molecule has 0 rings (SSSR count). The van der Waals surface area contributed by atoms with Gasteiger partial charge in [0.05, 0.1) is 99.6 Å². The molecule has 0 saturated carbocycles. The second-order valence-corrected chi connectivity index (χ2v) is 6.89. The van der Waals surface area contributed by atoms with E-state index in [-0.39, 0.29) is 6.61 Å². The van der Waals surface area contributed by atoms with Gasteiger partial charge in [-0.25, -0.2) is 4.79 Å². The number of hydrogen-bond acceptors (Lipinski definition) is 10. The highest BCUT2D eigenvalue weighted by atomic mass is 16.6. The van der Waals surface area contributed by atoms with Crippen LogP contribution < -0.4 is 0 Å². The molecule has 0 aromatic rings. The largest absolute Gasteiger partial charge is 0.467 e. The molecular formula is C22H44O10. The molecule has 0 fully saturated rings. The van der Waals surface area contributed by atoms with E-state index in [9.17, 15) is 4.79 Å². The van der Waals surface area contributed by atoms with Gasteiger partial charge in [0.25, 0.3) is 0 Å². The van der Waals surface area contributed by atoms with Gasteiger partial charge in [0.15, 0.2) is 0 Å². The van der Waals surface area contributed by atoms with Crippen molar-refractivity contribution in [3.8, 4) is 0 Å². The first-order valence-electron chi connectivity index (χ1n) is 11.4. The molecule has 0 radical (unpaired) electrons. The fourth-order valence-corrected chi connectivity index (χ4v) is 2.05. The van der Waals surface area contributed by atoms with Gasteiger partial charge in [-0.15, -0.1) is 0 Å². The number of carbonyl (C=O) groups excluding carboxylic acids is 1. The third kappa shape index (κ3) is 25.4. The topological polar surface area (TPSA) is 100 Å². The van der Waals surface area contributed by atoms with E-state index in [0.29, 0.717) is 98.4 Å². The van der Waals surface area contributed by atoms with E-state index in [2.05, 4.69) is 18.6 Å². The molecular weight excluding hydrogens is 424 g/mol. The molecule has 10 nitrogen and oxygen atoms in total. The molecule has 0 bridgehead atoms. The van der Waals surface area contributed by atoms with E-state index in [1.165, 1.54) is 7.11 Å². The predicted octanol–water partition coefficient (Wildman–Crippen LogP) is 1.34. The Balaban J connectivity index is 3.04. The number of carbonyl (C=O) groups is 1. The molecule has 192 valence electrons. The van der Waals surface area contributed by atoms with Crippen molar-refractivity contribution in [2.75, 3.05) is 113 Å². The van der Waals surface area contributed by atoms with Gasteiger partial charge >= 0.3 is 5.97 Å². The number of ether oxygens (including phenoxy) is 9. The van der Waals surface area contributed by atoms with Crippen LogP contribution in [0.15, 0.2) is 0 Å². The number of hydrogen-bond donors (Lipinski definition) is 0. The highest BCUT2D eigenvalue weighted by Gasteiger charge is 1.99. The van der Waals surface area contributed by atoms with Crippen molar-refractivity contribution in [3.63, 3.8) is 0 Å². The highest BCUT2D eigenvalue weighted by Crippen LogP contribution is 1.99. The maximum atomic E-state index is 10.8. The van der Waals surface area contributed by atoms with Gasteiger partial charge in [-0.3, -0.25) is 0 Å². The monoisotopic (exact) mass is 468 g/mol. The van der Waals surface area contributed by atoms with Crippen LogP contribution in [0.4, 0.5) is 0 Å². The molecule has 0 heterocycles. The van der Waals surface area contributed by atoms with Crippen LogP contribution in [-0.4, -0.2) is 119 Å². The lowest BCUT2D eigenvalue weighted by Crippen LogP contribution is -2.16. The van der Waals surface area contributed by atoms with Crippen LogP contribution in [0.3, 0.4) is 0 Å². The van der Waals surface area contributed by atoms with Crippen LogP contribution >= 0.6 is 0 Å². The highest BCUT2D eigenvalue weighted by molar-refractivity contribution is 5.70. The van der Waals surface area contributed by atoms with Crippen LogP contribution in [0.25, 0.3) is 0 Å². The van der Waals surface area contributed by atoms with Crippen molar-refractivity contribution in [3.05, 3.63) is 0 Å². The first kappa shape index (κ1) is 31.1. The van der Waals surface area contributed by atoms with Crippen LogP contribution in [0.2, 0.25) is 0 Å². The summed E-state index contributed by atoms with van der Waals surface area (Å²) >= 11 is 0. The van der Waals surface area contributed by atoms with Crippen molar-refractivity contribution in [1.29, 1.82) is 0 Å². The molecule has 0 aliphatic heterocycles. The fourth-order valence-electron chi connectivity index (χ4n) is 2.05. The van der Waals surface area contributed by atoms with Gasteiger partial charge in [0, 0.05) is 6.61 Å². The standard InChI is InChI=1S/C22H44O10/c1-4-21(2)19-31-17-15-29-13-11-27-9-7-25-5-6-26-8-10-28-12-14-30-16-18-32-20-22(23)24-3/h21H,4-20H2,1-3H3. The zero-order chi connectivity index (χ0) is 23.5. The Hall–Kier alpha value is -0.850. The third-order valence-electron chi connectivity index (χ3n) is 4.15. The van der Waals surface area contributed by atoms with Crippen molar-refractivity contribution in [1.82, 2.24) is 0 Å². The lowest BCUT2D eigenvalue weighted by Gasteiger charge is -2.10.